The number of ether oxygens (including phenoxy) is 4. The first kappa shape index (κ1) is 20.5. The van der Waals surface area contributed by atoms with Crippen LogP contribution in [0.1, 0.15) is 15.9 Å². The van der Waals surface area contributed by atoms with Crippen molar-refractivity contribution in [2.75, 3.05) is 27.1 Å². The fraction of sp³-hybridized carbons (Fsp3) is 0.190. The molecule has 0 radical (unpaired) electrons. The molecule has 3 rings (SSSR count). The van der Waals surface area contributed by atoms with Crippen LogP contribution in [0.2, 0.25) is 0 Å². The van der Waals surface area contributed by atoms with E-state index in [0.29, 0.717) is 34.1 Å². The van der Waals surface area contributed by atoms with Gasteiger partial charge in [0.25, 0.3) is 11.8 Å². The molecule has 0 saturated carbocycles. The standard InChI is InChI=1S/C21H19N3O6/c1-3-9-28-20-15(5-4-6-17(20)27-2)11-23-24-19(25)12-22-21(26)14-7-8-16-18(10-14)30-13-29-16/h1,4-8,10-11H,9,12-13H2,2H3,(H,22,26)(H,24,25). The van der Waals surface area contributed by atoms with Crippen molar-refractivity contribution < 1.29 is 28.5 Å². The highest BCUT2D eigenvalue weighted by molar-refractivity contribution is 5.97. The third kappa shape index (κ3) is 4.99. The monoisotopic (exact) mass is 409 g/mol. The zero-order valence-electron chi connectivity index (χ0n) is 16.1. The molecule has 1 aliphatic rings. The second kappa shape index (κ2) is 9.84. The van der Waals surface area contributed by atoms with Gasteiger partial charge in [-0.25, -0.2) is 5.43 Å². The van der Waals surface area contributed by atoms with E-state index in [1.165, 1.54) is 13.3 Å². The Balaban J connectivity index is 1.54. The summed E-state index contributed by atoms with van der Waals surface area (Å²) in [5, 5.41) is 6.39. The van der Waals surface area contributed by atoms with Crippen molar-refractivity contribution in [1.82, 2.24) is 10.7 Å². The lowest BCUT2D eigenvalue weighted by atomic mass is 10.2. The van der Waals surface area contributed by atoms with Gasteiger partial charge in [-0.1, -0.05) is 12.0 Å². The molecule has 30 heavy (non-hydrogen) atoms. The van der Waals surface area contributed by atoms with E-state index >= 15 is 0 Å². The van der Waals surface area contributed by atoms with E-state index in [2.05, 4.69) is 21.8 Å². The summed E-state index contributed by atoms with van der Waals surface area (Å²) in [6.45, 7) is -0.0910. The Labute approximate surface area is 173 Å². The summed E-state index contributed by atoms with van der Waals surface area (Å²) in [4.78, 5) is 24.2. The largest absolute Gasteiger partial charge is 0.493 e. The highest BCUT2D eigenvalue weighted by Crippen LogP contribution is 2.32. The minimum atomic E-state index is -0.505. The number of nitrogens with zero attached hydrogens (tertiary/aromatic N) is 1. The molecule has 2 N–H and O–H groups in total. The van der Waals surface area contributed by atoms with Gasteiger partial charge in [0.15, 0.2) is 23.0 Å². The molecule has 1 aliphatic heterocycles. The second-order valence-corrected chi connectivity index (χ2v) is 5.92. The molecular formula is C21H19N3O6. The fourth-order valence-corrected chi connectivity index (χ4v) is 2.58. The van der Waals surface area contributed by atoms with Crippen LogP contribution in [-0.2, 0) is 4.79 Å². The van der Waals surface area contributed by atoms with Gasteiger partial charge in [0.2, 0.25) is 6.79 Å². The Morgan fingerprint density at radius 3 is 2.90 bits per heavy atom. The SMILES string of the molecule is C#CCOc1c(C=NNC(=O)CNC(=O)c2ccc3c(c2)OCO3)cccc1OC. The average molecular weight is 409 g/mol. The van der Waals surface area contributed by atoms with Gasteiger partial charge < -0.3 is 24.3 Å². The highest BCUT2D eigenvalue weighted by atomic mass is 16.7. The van der Waals surface area contributed by atoms with Crippen LogP contribution in [0.3, 0.4) is 0 Å². The van der Waals surface area contributed by atoms with Crippen LogP contribution in [0, 0.1) is 12.3 Å². The first-order valence-electron chi connectivity index (χ1n) is 8.85. The lowest BCUT2D eigenvalue weighted by molar-refractivity contribution is -0.120. The molecule has 2 amide bonds. The number of hydrogen-bond acceptors (Lipinski definition) is 7. The number of hydrogen-bond donors (Lipinski definition) is 2. The van der Waals surface area contributed by atoms with Crippen LogP contribution in [0.5, 0.6) is 23.0 Å². The summed E-state index contributed by atoms with van der Waals surface area (Å²) in [7, 11) is 1.50. The Morgan fingerprint density at radius 2 is 2.10 bits per heavy atom. The van der Waals surface area contributed by atoms with E-state index in [1.54, 1.807) is 36.4 Å². The number of benzene rings is 2. The van der Waals surface area contributed by atoms with E-state index in [9.17, 15) is 9.59 Å². The number of terminal acetylenes is 1. The first-order valence-corrected chi connectivity index (χ1v) is 8.85. The van der Waals surface area contributed by atoms with Crippen LogP contribution in [0.25, 0.3) is 0 Å². The van der Waals surface area contributed by atoms with Crippen LogP contribution in [0.4, 0.5) is 0 Å². The van der Waals surface area contributed by atoms with E-state index in [0.717, 1.165) is 0 Å². The minimum absolute atomic E-state index is 0.0550. The molecule has 154 valence electrons. The minimum Gasteiger partial charge on any atom is -0.493 e. The molecule has 9 nitrogen and oxygen atoms in total. The number of carbonyl (C=O) groups is 2. The molecule has 0 atom stereocenters. The molecule has 1 heterocycles. The number of rotatable bonds is 8. The molecule has 0 aliphatic carbocycles. The molecule has 9 heteroatoms. The van der Waals surface area contributed by atoms with Gasteiger partial charge in [-0.3, -0.25) is 9.59 Å². The quantitative estimate of drug-likeness (QED) is 0.387. The number of methoxy groups -OCH3 is 1. The third-order valence-corrected chi connectivity index (χ3v) is 3.97. The Hall–Kier alpha value is -4.19. The van der Waals surface area contributed by atoms with Gasteiger partial charge in [0, 0.05) is 11.1 Å². The third-order valence-electron chi connectivity index (χ3n) is 3.97. The maximum atomic E-state index is 12.2. The van der Waals surface area contributed by atoms with Gasteiger partial charge in [-0.2, -0.15) is 5.10 Å². The summed E-state index contributed by atoms with van der Waals surface area (Å²) in [5.41, 5.74) is 3.25. The number of fused-ring (bicyclic) bond motifs is 1. The van der Waals surface area contributed by atoms with Crippen molar-refractivity contribution in [3.05, 3.63) is 47.5 Å². The first-order chi connectivity index (χ1) is 14.6. The van der Waals surface area contributed by atoms with Crippen molar-refractivity contribution in [3.63, 3.8) is 0 Å². The lowest BCUT2D eigenvalue weighted by Crippen LogP contribution is -2.34. The van der Waals surface area contributed by atoms with Gasteiger partial charge in [0.1, 0.15) is 6.61 Å². The molecule has 2 aromatic carbocycles. The smallest absolute Gasteiger partial charge is 0.259 e. The van der Waals surface area contributed by atoms with Gasteiger partial charge in [0.05, 0.1) is 19.9 Å². The fourth-order valence-electron chi connectivity index (χ4n) is 2.58. The lowest BCUT2D eigenvalue weighted by Gasteiger charge is -2.11. The van der Waals surface area contributed by atoms with E-state index in [4.69, 9.17) is 25.4 Å². The maximum absolute atomic E-state index is 12.2. The van der Waals surface area contributed by atoms with Crippen molar-refractivity contribution >= 4 is 18.0 Å². The Kier molecular flexibility index (Phi) is 6.74. The molecule has 0 bridgehead atoms. The summed E-state index contributed by atoms with van der Waals surface area (Å²) < 4.78 is 21.1. The molecule has 2 aromatic rings. The number of hydrazone groups is 1. The van der Waals surface area contributed by atoms with Gasteiger partial charge >= 0.3 is 0 Å². The highest BCUT2D eigenvalue weighted by Gasteiger charge is 2.16. The number of amides is 2. The molecule has 0 unspecified atom stereocenters. The van der Waals surface area contributed by atoms with E-state index in [1.807, 2.05) is 0 Å². The Bertz CT molecular complexity index is 1010. The molecule has 0 fully saturated rings. The molecular weight excluding hydrogens is 390 g/mol. The zero-order chi connectivity index (χ0) is 21.3. The van der Waals surface area contributed by atoms with Crippen molar-refractivity contribution in [1.29, 1.82) is 0 Å². The summed E-state index contributed by atoms with van der Waals surface area (Å²) in [6.07, 6.45) is 6.62. The molecule has 0 spiro atoms. The normalized spacial score (nSPS) is 11.6. The van der Waals surface area contributed by atoms with Crippen LogP contribution in [-0.4, -0.2) is 45.1 Å². The van der Waals surface area contributed by atoms with Gasteiger partial charge in [-0.05, 0) is 30.3 Å². The van der Waals surface area contributed by atoms with Crippen molar-refractivity contribution in [2.45, 2.75) is 0 Å². The van der Waals surface area contributed by atoms with Crippen LogP contribution in [0.15, 0.2) is 41.5 Å². The van der Waals surface area contributed by atoms with E-state index < -0.39 is 11.8 Å². The average Bonchev–Trinajstić information content (AvgIpc) is 3.24. The van der Waals surface area contributed by atoms with E-state index in [-0.39, 0.29) is 19.9 Å². The Morgan fingerprint density at radius 1 is 1.27 bits per heavy atom. The van der Waals surface area contributed by atoms with Crippen molar-refractivity contribution in [3.8, 4) is 35.3 Å². The van der Waals surface area contributed by atoms with Crippen LogP contribution < -0.4 is 29.7 Å². The van der Waals surface area contributed by atoms with Crippen LogP contribution >= 0.6 is 0 Å². The zero-order valence-corrected chi connectivity index (χ0v) is 16.1. The summed E-state index contributed by atoms with van der Waals surface area (Å²) in [5.74, 6) is 3.39. The van der Waals surface area contributed by atoms with Gasteiger partial charge in [-0.15, -0.1) is 6.42 Å². The summed E-state index contributed by atoms with van der Waals surface area (Å²) in [6, 6.07) is 9.96. The second-order valence-electron chi connectivity index (χ2n) is 5.92. The number of nitrogens with one attached hydrogen (secondary N) is 2. The predicted molar refractivity (Wildman–Crippen MR) is 108 cm³/mol. The molecule has 0 saturated heterocycles. The number of para-hydroxylation sites is 1. The molecule has 0 aromatic heterocycles. The number of carbonyl (C=O) groups excluding carboxylic acids is 2. The topological polar surface area (TPSA) is 107 Å². The maximum Gasteiger partial charge on any atom is 0.259 e. The van der Waals surface area contributed by atoms with Crippen molar-refractivity contribution in [2.24, 2.45) is 5.10 Å². The predicted octanol–water partition coefficient (Wildman–Crippen LogP) is 1.32. The summed E-state index contributed by atoms with van der Waals surface area (Å²) >= 11 is 0.